The Balaban J connectivity index is 2.02. The van der Waals surface area contributed by atoms with Crippen LogP contribution in [-0.4, -0.2) is 27.6 Å². The maximum absolute atomic E-state index is 12.5. The van der Waals surface area contributed by atoms with E-state index in [1.54, 1.807) is 29.3 Å². The Morgan fingerprint density at radius 1 is 1.33 bits per heavy atom. The minimum absolute atomic E-state index is 0.0275. The third-order valence-electron chi connectivity index (χ3n) is 4.10. The Hall–Kier alpha value is -1.40. The van der Waals surface area contributed by atoms with Gasteiger partial charge in [-0.3, -0.25) is 13.9 Å². The summed E-state index contributed by atoms with van der Waals surface area (Å²) in [5.74, 6) is 0.0481. The molecule has 1 aliphatic rings. The monoisotopic (exact) mass is 352 g/mol. The summed E-state index contributed by atoms with van der Waals surface area (Å²) in [5.41, 5.74) is 2.09. The number of hydrogen-bond acceptors (Lipinski definition) is 3. The minimum atomic E-state index is -0.0966. The molecular formula is C15H17BrN2O3. The van der Waals surface area contributed by atoms with Crippen LogP contribution in [0.15, 0.2) is 21.4 Å². The van der Waals surface area contributed by atoms with E-state index in [9.17, 15) is 9.59 Å². The molecule has 1 saturated heterocycles. The summed E-state index contributed by atoms with van der Waals surface area (Å²) in [5, 5.41) is 0. The van der Waals surface area contributed by atoms with Crippen LogP contribution < -0.4 is 5.69 Å². The van der Waals surface area contributed by atoms with Gasteiger partial charge in [-0.25, -0.2) is 4.79 Å². The van der Waals surface area contributed by atoms with Crippen molar-refractivity contribution in [3.63, 3.8) is 0 Å². The Bertz CT molecular complexity index is 769. The summed E-state index contributed by atoms with van der Waals surface area (Å²) in [6.07, 6.45) is 2.38. The normalized spacial score (nSPS) is 18.5. The van der Waals surface area contributed by atoms with Gasteiger partial charge < -0.3 is 4.74 Å². The summed E-state index contributed by atoms with van der Waals surface area (Å²) in [6.45, 7) is 0.741. The highest BCUT2D eigenvalue weighted by Gasteiger charge is 2.22. The molecule has 0 radical (unpaired) electrons. The molecule has 0 aliphatic carbocycles. The van der Waals surface area contributed by atoms with Crippen LogP contribution in [0.4, 0.5) is 0 Å². The molecule has 1 aromatic carbocycles. The zero-order valence-corrected chi connectivity index (χ0v) is 13.6. The average molecular weight is 353 g/mol. The molecule has 3 rings (SSSR count). The van der Waals surface area contributed by atoms with Crippen molar-refractivity contribution in [1.82, 2.24) is 9.13 Å². The van der Waals surface area contributed by atoms with E-state index < -0.39 is 0 Å². The summed E-state index contributed by atoms with van der Waals surface area (Å²) in [7, 11) is 3.44. The van der Waals surface area contributed by atoms with E-state index in [1.165, 1.54) is 0 Å². The number of carbonyl (C=O) groups is 1. The van der Waals surface area contributed by atoms with Crippen LogP contribution in [0.2, 0.25) is 0 Å². The Morgan fingerprint density at radius 3 is 2.62 bits per heavy atom. The largest absolute Gasteiger partial charge is 0.378 e. The van der Waals surface area contributed by atoms with Gasteiger partial charge in [0.15, 0.2) is 5.78 Å². The van der Waals surface area contributed by atoms with Gasteiger partial charge in [0.1, 0.15) is 0 Å². The molecule has 1 aromatic heterocycles. The van der Waals surface area contributed by atoms with Crippen LogP contribution in [0.5, 0.6) is 0 Å². The molecule has 1 aliphatic heterocycles. The minimum Gasteiger partial charge on any atom is -0.378 e. The molecule has 1 atom stereocenters. The third kappa shape index (κ3) is 2.46. The van der Waals surface area contributed by atoms with Crippen molar-refractivity contribution in [2.24, 2.45) is 14.1 Å². The molecule has 6 heteroatoms. The van der Waals surface area contributed by atoms with E-state index in [4.69, 9.17) is 4.74 Å². The van der Waals surface area contributed by atoms with E-state index in [-0.39, 0.29) is 17.6 Å². The van der Waals surface area contributed by atoms with Crippen molar-refractivity contribution in [2.45, 2.75) is 25.4 Å². The third-order valence-corrected chi connectivity index (χ3v) is 4.75. The fraction of sp³-hybridized carbons (Fsp3) is 0.467. The first kappa shape index (κ1) is 14.5. The van der Waals surface area contributed by atoms with E-state index in [0.29, 0.717) is 12.0 Å². The lowest BCUT2D eigenvalue weighted by Gasteiger charge is -2.10. The predicted molar refractivity (Wildman–Crippen MR) is 83.8 cm³/mol. The number of carbonyl (C=O) groups excluding carboxylic acids is 1. The second-order valence-electron chi connectivity index (χ2n) is 5.48. The number of ketones is 1. The number of aryl methyl sites for hydroxylation is 2. The lowest BCUT2D eigenvalue weighted by Crippen LogP contribution is -2.19. The fourth-order valence-electron chi connectivity index (χ4n) is 2.86. The molecule has 0 spiro atoms. The first-order chi connectivity index (χ1) is 9.99. The van der Waals surface area contributed by atoms with Gasteiger partial charge in [0.2, 0.25) is 0 Å². The molecule has 2 aromatic rings. The van der Waals surface area contributed by atoms with Gasteiger partial charge in [0.05, 0.1) is 17.1 Å². The van der Waals surface area contributed by atoms with Crippen molar-refractivity contribution in [3.05, 3.63) is 32.7 Å². The second-order valence-corrected chi connectivity index (χ2v) is 6.34. The molecule has 112 valence electrons. The van der Waals surface area contributed by atoms with Gasteiger partial charge in [-0.1, -0.05) is 0 Å². The maximum atomic E-state index is 12.5. The predicted octanol–water partition coefficient (Wildman–Crippen LogP) is 2.39. The topological polar surface area (TPSA) is 53.2 Å². The zero-order chi connectivity index (χ0) is 15.1. The summed E-state index contributed by atoms with van der Waals surface area (Å²) in [4.78, 5) is 24.4. The fourth-order valence-corrected chi connectivity index (χ4v) is 3.41. The van der Waals surface area contributed by atoms with Gasteiger partial charge in [-0.15, -0.1) is 0 Å². The second kappa shape index (κ2) is 5.42. The maximum Gasteiger partial charge on any atom is 0.328 e. The molecule has 21 heavy (non-hydrogen) atoms. The number of benzene rings is 1. The number of hydrogen-bond donors (Lipinski definition) is 0. The van der Waals surface area contributed by atoms with Crippen molar-refractivity contribution in [1.29, 1.82) is 0 Å². The van der Waals surface area contributed by atoms with Crippen molar-refractivity contribution >= 4 is 32.7 Å². The number of rotatable bonds is 3. The standard InChI is InChI=1S/C15H17BrN2O3/c1-17-12-7-10(14(19)6-9-4-3-5-21-9)11(16)8-13(12)18(2)15(17)20/h7-9H,3-6H2,1-2H3. The van der Waals surface area contributed by atoms with Gasteiger partial charge in [0.25, 0.3) is 0 Å². The smallest absolute Gasteiger partial charge is 0.328 e. The van der Waals surface area contributed by atoms with E-state index in [1.807, 2.05) is 6.07 Å². The highest BCUT2D eigenvalue weighted by atomic mass is 79.9. The van der Waals surface area contributed by atoms with Crippen molar-refractivity contribution in [2.75, 3.05) is 6.61 Å². The van der Waals surface area contributed by atoms with Gasteiger partial charge in [-0.2, -0.15) is 0 Å². The van der Waals surface area contributed by atoms with Gasteiger partial charge in [0, 0.05) is 37.2 Å². The van der Waals surface area contributed by atoms with E-state index in [0.717, 1.165) is 35.0 Å². The average Bonchev–Trinajstić information content (AvgIpc) is 3.03. The number of halogens is 1. The highest BCUT2D eigenvalue weighted by molar-refractivity contribution is 9.10. The lowest BCUT2D eigenvalue weighted by atomic mass is 10.0. The van der Waals surface area contributed by atoms with Crippen LogP contribution in [0, 0.1) is 0 Å². The van der Waals surface area contributed by atoms with Crippen LogP contribution in [0.3, 0.4) is 0 Å². The number of ether oxygens (including phenoxy) is 1. The molecular weight excluding hydrogens is 336 g/mol. The number of fused-ring (bicyclic) bond motifs is 1. The first-order valence-corrected chi connectivity index (χ1v) is 7.78. The van der Waals surface area contributed by atoms with Gasteiger partial charge in [-0.05, 0) is 40.9 Å². The lowest BCUT2D eigenvalue weighted by molar-refractivity contribution is 0.0775. The summed E-state index contributed by atoms with van der Waals surface area (Å²) >= 11 is 3.45. The highest BCUT2D eigenvalue weighted by Crippen LogP contribution is 2.26. The molecule has 1 fully saturated rings. The SMILES string of the molecule is Cn1c(=O)n(C)c2cc(C(=O)CC3CCCO3)c(Br)cc21. The molecule has 5 nitrogen and oxygen atoms in total. The Morgan fingerprint density at radius 2 is 2.00 bits per heavy atom. The molecule has 0 amide bonds. The van der Waals surface area contributed by atoms with E-state index >= 15 is 0 Å². The van der Waals surface area contributed by atoms with E-state index in [2.05, 4.69) is 15.9 Å². The quantitative estimate of drug-likeness (QED) is 0.797. The van der Waals surface area contributed by atoms with Crippen LogP contribution >= 0.6 is 15.9 Å². The molecule has 0 bridgehead atoms. The Labute approximate surface area is 130 Å². The number of imidazole rings is 1. The number of nitrogens with zero attached hydrogens (tertiary/aromatic N) is 2. The number of aromatic nitrogens is 2. The molecule has 0 N–H and O–H groups in total. The van der Waals surface area contributed by atoms with Crippen molar-refractivity contribution in [3.8, 4) is 0 Å². The van der Waals surface area contributed by atoms with Crippen molar-refractivity contribution < 1.29 is 9.53 Å². The molecule has 0 saturated carbocycles. The summed E-state index contributed by atoms with van der Waals surface area (Å²) in [6, 6.07) is 3.62. The number of Topliss-reactive ketones (excluding diaryl/α,β-unsaturated/α-hetero) is 1. The van der Waals surface area contributed by atoms with Crippen LogP contribution in [-0.2, 0) is 18.8 Å². The molecule has 1 unspecified atom stereocenters. The van der Waals surface area contributed by atoms with Gasteiger partial charge >= 0.3 is 5.69 Å². The first-order valence-electron chi connectivity index (χ1n) is 6.99. The zero-order valence-electron chi connectivity index (χ0n) is 12.1. The Kier molecular flexibility index (Phi) is 3.75. The molecule has 2 heterocycles. The summed E-state index contributed by atoms with van der Waals surface area (Å²) < 4.78 is 9.38. The van der Waals surface area contributed by atoms with Crippen LogP contribution in [0.25, 0.3) is 11.0 Å². The van der Waals surface area contributed by atoms with Crippen LogP contribution in [0.1, 0.15) is 29.6 Å².